The van der Waals surface area contributed by atoms with Crippen LogP contribution in [0.2, 0.25) is 0 Å². The van der Waals surface area contributed by atoms with Crippen molar-refractivity contribution >= 4 is 17.8 Å². The smallest absolute Gasteiger partial charge is 0.311 e. The van der Waals surface area contributed by atoms with Gasteiger partial charge >= 0.3 is 5.69 Å². The number of nitro benzene ring substituents is 1. The summed E-state index contributed by atoms with van der Waals surface area (Å²) in [6, 6.07) is 12.4. The maximum atomic E-state index is 11.8. The van der Waals surface area contributed by atoms with Crippen molar-refractivity contribution < 1.29 is 14.5 Å². The van der Waals surface area contributed by atoms with Crippen molar-refractivity contribution in [2.45, 2.75) is 33.1 Å². The molecule has 27 heavy (non-hydrogen) atoms. The molecule has 0 unspecified atom stereocenters. The summed E-state index contributed by atoms with van der Waals surface area (Å²) < 4.78 is 5.24. The summed E-state index contributed by atoms with van der Waals surface area (Å²) >= 11 is 0. The molecule has 2 rings (SSSR count). The van der Waals surface area contributed by atoms with E-state index in [1.165, 1.54) is 23.9 Å². The van der Waals surface area contributed by atoms with Gasteiger partial charge in [0, 0.05) is 6.07 Å². The maximum absolute atomic E-state index is 11.8. The summed E-state index contributed by atoms with van der Waals surface area (Å²) in [6.45, 7) is 7.77. The first-order valence-corrected chi connectivity index (χ1v) is 8.47. The van der Waals surface area contributed by atoms with Crippen LogP contribution in [0.3, 0.4) is 0 Å². The largest absolute Gasteiger partial charge is 0.477 e. The van der Waals surface area contributed by atoms with Gasteiger partial charge in [0.2, 0.25) is 0 Å². The van der Waals surface area contributed by atoms with Crippen LogP contribution in [-0.4, -0.2) is 23.7 Å². The molecule has 0 aliphatic heterocycles. The molecule has 7 nitrogen and oxygen atoms in total. The van der Waals surface area contributed by atoms with Crippen LogP contribution in [0.4, 0.5) is 5.69 Å². The molecule has 0 aliphatic rings. The molecule has 2 aromatic rings. The lowest BCUT2D eigenvalue weighted by atomic mass is 9.87. The number of amides is 1. The second-order valence-electron chi connectivity index (χ2n) is 7.18. The quantitative estimate of drug-likeness (QED) is 0.477. The third kappa shape index (κ3) is 5.91. The number of hydrogen-bond donors (Lipinski definition) is 1. The molecular weight excluding hydrogens is 346 g/mol. The van der Waals surface area contributed by atoms with E-state index in [0.29, 0.717) is 0 Å². The molecule has 0 saturated carbocycles. The zero-order valence-corrected chi connectivity index (χ0v) is 15.9. The number of benzene rings is 2. The summed E-state index contributed by atoms with van der Waals surface area (Å²) in [5, 5.41) is 14.9. The van der Waals surface area contributed by atoms with Gasteiger partial charge in [-0.05, 0) is 35.1 Å². The first-order valence-electron chi connectivity index (χ1n) is 8.47. The molecule has 0 atom stereocenters. The van der Waals surface area contributed by atoms with Crippen LogP contribution in [0.1, 0.15) is 37.5 Å². The van der Waals surface area contributed by atoms with Crippen molar-refractivity contribution in [1.29, 1.82) is 0 Å². The van der Waals surface area contributed by atoms with Crippen LogP contribution in [0, 0.1) is 17.0 Å². The van der Waals surface area contributed by atoms with Gasteiger partial charge in [-0.25, -0.2) is 5.43 Å². The zero-order chi connectivity index (χ0) is 20.0. The van der Waals surface area contributed by atoms with Gasteiger partial charge in [0.25, 0.3) is 5.91 Å². The van der Waals surface area contributed by atoms with Crippen LogP contribution >= 0.6 is 0 Å². The second kappa shape index (κ2) is 8.44. The average molecular weight is 369 g/mol. The van der Waals surface area contributed by atoms with Crippen LogP contribution in [0.5, 0.6) is 5.75 Å². The van der Waals surface area contributed by atoms with Crippen LogP contribution in [-0.2, 0) is 10.2 Å². The van der Waals surface area contributed by atoms with E-state index in [1.807, 2.05) is 24.3 Å². The lowest BCUT2D eigenvalue weighted by molar-refractivity contribution is -0.385. The Morgan fingerprint density at radius 1 is 1.22 bits per heavy atom. The number of carbonyl (C=O) groups is 1. The van der Waals surface area contributed by atoms with Crippen molar-refractivity contribution in [2.24, 2.45) is 5.10 Å². The Labute approximate surface area is 158 Å². The molecule has 142 valence electrons. The highest BCUT2D eigenvalue weighted by Crippen LogP contribution is 2.27. The minimum absolute atomic E-state index is 0.0440. The van der Waals surface area contributed by atoms with Gasteiger partial charge in [-0.15, -0.1) is 0 Å². The van der Waals surface area contributed by atoms with Gasteiger partial charge in [-0.3, -0.25) is 14.9 Å². The SMILES string of the molecule is Cc1ccc(OCC(=O)N/N=C/c2ccc(C(C)(C)C)cc2)c([N+](=O)[O-])c1. The average Bonchev–Trinajstić information content (AvgIpc) is 2.60. The first kappa shape index (κ1) is 20.1. The zero-order valence-electron chi connectivity index (χ0n) is 15.9. The summed E-state index contributed by atoms with van der Waals surface area (Å²) in [5.41, 5.74) is 5.02. The van der Waals surface area contributed by atoms with Crippen molar-refractivity contribution in [3.05, 3.63) is 69.3 Å². The van der Waals surface area contributed by atoms with Crippen LogP contribution in [0.25, 0.3) is 0 Å². The lowest BCUT2D eigenvalue weighted by Crippen LogP contribution is -2.24. The number of nitrogens with zero attached hydrogens (tertiary/aromatic N) is 2. The minimum Gasteiger partial charge on any atom is -0.477 e. The molecule has 0 aliphatic carbocycles. The Kier molecular flexibility index (Phi) is 6.28. The van der Waals surface area contributed by atoms with Gasteiger partial charge < -0.3 is 4.74 Å². The molecule has 0 spiro atoms. The van der Waals surface area contributed by atoms with E-state index >= 15 is 0 Å². The highest BCUT2D eigenvalue weighted by atomic mass is 16.6. The molecule has 7 heteroatoms. The number of ether oxygens (including phenoxy) is 1. The summed E-state index contributed by atoms with van der Waals surface area (Å²) in [6.07, 6.45) is 1.53. The van der Waals surface area contributed by atoms with E-state index in [9.17, 15) is 14.9 Å². The molecule has 0 aromatic heterocycles. The van der Waals surface area contributed by atoms with Crippen LogP contribution in [0.15, 0.2) is 47.6 Å². The number of rotatable bonds is 6. The number of hydrazone groups is 1. The van der Waals surface area contributed by atoms with Gasteiger partial charge in [-0.2, -0.15) is 5.10 Å². The first-order chi connectivity index (χ1) is 12.7. The van der Waals surface area contributed by atoms with Gasteiger partial charge in [0.15, 0.2) is 12.4 Å². The molecular formula is C20H23N3O4. The molecule has 2 aromatic carbocycles. The molecule has 0 fully saturated rings. The van der Waals surface area contributed by atoms with Gasteiger partial charge in [0.1, 0.15) is 0 Å². The predicted molar refractivity (Wildman–Crippen MR) is 104 cm³/mol. The highest BCUT2D eigenvalue weighted by Gasteiger charge is 2.16. The normalized spacial score (nSPS) is 11.4. The maximum Gasteiger partial charge on any atom is 0.311 e. The Morgan fingerprint density at radius 3 is 2.48 bits per heavy atom. The van der Waals surface area contributed by atoms with Crippen molar-refractivity contribution in [1.82, 2.24) is 5.43 Å². The summed E-state index contributed by atoms with van der Waals surface area (Å²) in [5.74, 6) is -0.463. The molecule has 0 radical (unpaired) electrons. The number of nitrogens with one attached hydrogen (secondary N) is 1. The third-order valence-electron chi connectivity index (χ3n) is 3.85. The van der Waals surface area contributed by atoms with Crippen LogP contribution < -0.4 is 10.2 Å². The number of nitro groups is 1. The van der Waals surface area contributed by atoms with E-state index < -0.39 is 10.8 Å². The van der Waals surface area contributed by atoms with Crippen molar-refractivity contribution in [3.8, 4) is 5.75 Å². The van der Waals surface area contributed by atoms with E-state index in [2.05, 4.69) is 31.3 Å². The molecule has 0 saturated heterocycles. The van der Waals surface area contributed by atoms with E-state index in [4.69, 9.17) is 4.74 Å². The predicted octanol–water partition coefficient (Wildman–Crippen LogP) is 3.73. The van der Waals surface area contributed by atoms with E-state index in [1.54, 1.807) is 13.0 Å². The number of hydrogen-bond acceptors (Lipinski definition) is 5. The molecule has 1 amide bonds. The standard InChI is InChI=1S/C20H23N3O4/c1-14-5-10-18(17(11-14)23(25)26)27-13-19(24)22-21-12-15-6-8-16(9-7-15)20(2,3)4/h5-12H,13H2,1-4H3,(H,22,24)/b21-12+. The molecule has 1 N–H and O–H groups in total. The Bertz CT molecular complexity index is 853. The van der Waals surface area contributed by atoms with Gasteiger partial charge in [-0.1, -0.05) is 51.1 Å². The van der Waals surface area contributed by atoms with E-state index in [0.717, 1.165) is 11.1 Å². The van der Waals surface area contributed by atoms with Crippen molar-refractivity contribution in [2.75, 3.05) is 6.61 Å². The topological polar surface area (TPSA) is 93.8 Å². The summed E-state index contributed by atoms with van der Waals surface area (Å²) in [7, 11) is 0. The fraction of sp³-hybridized carbons (Fsp3) is 0.300. The Hall–Kier alpha value is -3.22. The fourth-order valence-corrected chi connectivity index (χ4v) is 2.32. The lowest BCUT2D eigenvalue weighted by Gasteiger charge is -2.18. The third-order valence-corrected chi connectivity index (χ3v) is 3.85. The number of aryl methyl sites for hydroxylation is 1. The summed E-state index contributed by atoms with van der Waals surface area (Å²) in [4.78, 5) is 22.3. The molecule has 0 bridgehead atoms. The Balaban J connectivity index is 1.90. The second-order valence-corrected chi connectivity index (χ2v) is 7.18. The fourth-order valence-electron chi connectivity index (χ4n) is 2.32. The Morgan fingerprint density at radius 2 is 1.89 bits per heavy atom. The highest BCUT2D eigenvalue weighted by molar-refractivity contribution is 5.83. The minimum atomic E-state index is -0.542. The van der Waals surface area contributed by atoms with Crippen molar-refractivity contribution in [3.63, 3.8) is 0 Å². The number of carbonyl (C=O) groups excluding carboxylic acids is 1. The monoisotopic (exact) mass is 369 g/mol. The molecule has 0 heterocycles. The van der Waals surface area contributed by atoms with Gasteiger partial charge in [0.05, 0.1) is 11.1 Å². The van der Waals surface area contributed by atoms with E-state index in [-0.39, 0.29) is 23.5 Å².